The molecule has 0 aliphatic carbocycles. The molecular weight excluding hydrogens is 282 g/mol. The number of aryl methyl sites for hydroxylation is 1. The van der Waals surface area contributed by atoms with E-state index >= 15 is 0 Å². The monoisotopic (exact) mass is 295 g/mol. The lowest BCUT2D eigenvalue weighted by molar-refractivity contribution is 0.0920. The van der Waals surface area contributed by atoms with Crippen LogP contribution in [0, 0.1) is 6.92 Å². The van der Waals surface area contributed by atoms with E-state index < -0.39 is 6.10 Å². The van der Waals surface area contributed by atoms with E-state index in [0.29, 0.717) is 15.5 Å². The molecule has 1 heterocycles. The summed E-state index contributed by atoms with van der Waals surface area (Å²) >= 11 is 7.25. The highest BCUT2D eigenvalue weighted by Crippen LogP contribution is 2.18. The van der Waals surface area contributed by atoms with Crippen molar-refractivity contribution in [2.45, 2.75) is 13.0 Å². The molecule has 0 aliphatic rings. The molecule has 1 amide bonds. The van der Waals surface area contributed by atoms with Crippen LogP contribution in [0.5, 0.6) is 0 Å². The van der Waals surface area contributed by atoms with Gasteiger partial charge in [0.05, 0.1) is 11.0 Å². The molecule has 3 nitrogen and oxygen atoms in total. The first-order chi connectivity index (χ1) is 9.08. The van der Waals surface area contributed by atoms with Gasteiger partial charge < -0.3 is 10.4 Å². The average molecular weight is 296 g/mol. The number of carbonyl (C=O) groups is 1. The molecule has 0 unspecified atom stereocenters. The zero-order chi connectivity index (χ0) is 13.8. The zero-order valence-corrected chi connectivity index (χ0v) is 12.0. The van der Waals surface area contributed by atoms with Gasteiger partial charge in [-0.25, -0.2) is 0 Å². The normalized spacial score (nSPS) is 12.2. The van der Waals surface area contributed by atoms with Crippen LogP contribution in [-0.4, -0.2) is 17.6 Å². The predicted molar refractivity (Wildman–Crippen MR) is 77.8 cm³/mol. The highest BCUT2D eigenvalue weighted by Gasteiger charge is 2.13. The summed E-state index contributed by atoms with van der Waals surface area (Å²) in [6.45, 7) is 2.05. The Bertz CT molecular complexity index is 582. The molecule has 19 heavy (non-hydrogen) atoms. The number of rotatable bonds is 4. The lowest BCUT2D eigenvalue weighted by Crippen LogP contribution is -2.28. The number of hydrogen-bond acceptors (Lipinski definition) is 3. The topological polar surface area (TPSA) is 49.3 Å². The Labute approximate surface area is 120 Å². The first-order valence-electron chi connectivity index (χ1n) is 5.83. The fourth-order valence-corrected chi connectivity index (χ4v) is 2.75. The Kier molecular flexibility index (Phi) is 4.58. The molecule has 0 fully saturated rings. The van der Waals surface area contributed by atoms with Gasteiger partial charge >= 0.3 is 0 Å². The van der Waals surface area contributed by atoms with Gasteiger partial charge in [-0.15, -0.1) is 11.3 Å². The predicted octanol–water partition coefficient (Wildman–Crippen LogP) is 3.17. The van der Waals surface area contributed by atoms with Gasteiger partial charge in [0.25, 0.3) is 5.91 Å². The summed E-state index contributed by atoms with van der Waals surface area (Å²) in [6.07, 6.45) is -0.761. The molecule has 2 aromatic rings. The van der Waals surface area contributed by atoms with Gasteiger partial charge in [-0.2, -0.15) is 0 Å². The average Bonchev–Trinajstić information content (AvgIpc) is 2.82. The van der Waals surface area contributed by atoms with Crippen LogP contribution in [0.3, 0.4) is 0 Å². The minimum atomic E-state index is -0.761. The second-order valence-corrected chi connectivity index (χ2v) is 5.57. The van der Waals surface area contributed by atoms with E-state index in [1.807, 2.05) is 18.4 Å². The van der Waals surface area contributed by atoms with Crippen LogP contribution in [0.25, 0.3) is 0 Å². The molecule has 0 aliphatic heterocycles. The number of amides is 1. The SMILES string of the molecule is Cc1ccsc1C(=O)NC[C@H](O)c1cccc(Cl)c1. The fraction of sp³-hybridized carbons (Fsp3) is 0.214. The van der Waals surface area contributed by atoms with Crippen LogP contribution >= 0.6 is 22.9 Å². The Morgan fingerprint density at radius 3 is 2.89 bits per heavy atom. The summed E-state index contributed by atoms with van der Waals surface area (Å²) in [5.74, 6) is -0.159. The van der Waals surface area contributed by atoms with Gasteiger partial charge in [-0.1, -0.05) is 23.7 Å². The Morgan fingerprint density at radius 1 is 1.47 bits per heavy atom. The minimum Gasteiger partial charge on any atom is -0.387 e. The molecule has 1 aromatic carbocycles. The second kappa shape index (κ2) is 6.19. The summed E-state index contributed by atoms with van der Waals surface area (Å²) in [4.78, 5) is 12.6. The summed E-state index contributed by atoms with van der Waals surface area (Å²) in [6, 6.07) is 8.87. The third-order valence-corrected chi connectivity index (χ3v) is 4.01. The molecule has 1 aromatic heterocycles. The lowest BCUT2D eigenvalue weighted by Gasteiger charge is -2.12. The smallest absolute Gasteiger partial charge is 0.261 e. The van der Waals surface area contributed by atoms with Crippen molar-refractivity contribution in [1.29, 1.82) is 0 Å². The van der Waals surface area contributed by atoms with E-state index in [4.69, 9.17) is 11.6 Å². The number of benzene rings is 1. The molecule has 0 radical (unpaired) electrons. The largest absolute Gasteiger partial charge is 0.387 e. The lowest BCUT2D eigenvalue weighted by atomic mass is 10.1. The van der Waals surface area contributed by atoms with E-state index in [-0.39, 0.29) is 12.5 Å². The quantitative estimate of drug-likeness (QED) is 0.910. The van der Waals surface area contributed by atoms with E-state index in [9.17, 15) is 9.90 Å². The number of aliphatic hydroxyl groups is 1. The highest BCUT2D eigenvalue weighted by atomic mass is 35.5. The molecule has 0 saturated heterocycles. The molecule has 0 bridgehead atoms. The van der Waals surface area contributed by atoms with Crippen LogP contribution < -0.4 is 5.32 Å². The van der Waals surface area contributed by atoms with Crippen LogP contribution in [0.1, 0.15) is 26.9 Å². The van der Waals surface area contributed by atoms with Crippen LogP contribution in [-0.2, 0) is 0 Å². The van der Waals surface area contributed by atoms with Gasteiger partial charge in [0, 0.05) is 11.6 Å². The molecule has 0 spiro atoms. The molecule has 1 atom stereocenters. The minimum absolute atomic E-state index is 0.159. The second-order valence-electron chi connectivity index (χ2n) is 4.21. The van der Waals surface area contributed by atoms with E-state index in [2.05, 4.69) is 5.32 Å². The van der Waals surface area contributed by atoms with Gasteiger partial charge in [-0.05, 0) is 41.6 Å². The van der Waals surface area contributed by atoms with Crippen molar-refractivity contribution in [3.05, 3.63) is 56.7 Å². The third-order valence-electron chi connectivity index (χ3n) is 2.76. The fourth-order valence-electron chi connectivity index (χ4n) is 1.71. The van der Waals surface area contributed by atoms with Crippen molar-refractivity contribution in [2.24, 2.45) is 0 Å². The number of nitrogens with one attached hydrogen (secondary N) is 1. The number of hydrogen-bond donors (Lipinski definition) is 2. The maximum Gasteiger partial charge on any atom is 0.261 e. The molecular formula is C14H14ClNO2S. The van der Waals surface area contributed by atoms with Gasteiger partial charge in [0.15, 0.2) is 0 Å². The van der Waals surface area contributed by atoms with Crippen molar-refractivity contribution in [3.8, 4) is 0 Å². The number of thiophene rings is 1. The maximum atomic E-state index is 11.9. The summed E-state index contributed by atoms with van der Waals surface area (Å²) in [7, 11) is 0. The van der Waals surface area contributed by atoms with Crippen molar-refractivity contribution < 1.29 is 9.90 Å². The van der Waals surface area contributed by atoms with Gasteiger partial charge in [0.2, 0.25) is 0 Å². The Balaban J connectivity index is 1.96. The van der Waals surface area contributed by atoms with E-state index in [0.717, 1.165) is 5.56 Å². The molecule has 2 rings (SSSR count). The van der Waals surface area contributed by atoms with Gasteiger partial charge in [-0.3, -0.25) is 4.79 Å². The van der Waals surface area contributed by atoms with E-state index in [1.54, 1.807) is 24.3 Å². The van der Waals surface area contributed by atoms with Crippen molar-refractivity contribution in [1.82, 2.24) is 5.32 Å². The molecule has 0 saturated carbocycles. The van der Waals surface area contributed by atoms with Crippen LogP contribution in [0.15, 0.2) is 35.7 Å². The van der Waals surface area contributed by atoms with Crippen LogP contribution in [0.2, 0.25) is 5.02 Å². The molecule has 2 N–H and O–H groups in total. The van der Waals surface area contributed by atoms with Crippen molar-refractivity contribution >= 4 is 28.8 Å². The zero-order valence-electron chi connectivity index (χ0n) is 10.4. The highest BCUT2D eigenvalue weighted by molar-refractivity contribution is 7.12. The molecule has 100 valence electrons. The van der Waals surface area contributed by atoms with E-state index in [1.165, 1.54) is 11.3 Å². The van der Waals surface area contributed by atoms with Crippen molar-refractivity contribution in [3.63, 3.8) is 0 Å². The van der Waals surface area contributed by atoms with Crippen molar-refractivity contribution in [2.75, 3.05) is 6.54 Å². The summed E-state index contributed by atoms with van der Waals surface area (Å²) in [5.41, 5.74) is 1.63. The Morgan fingerprint density at radius 2 is 2.26 bits per heavy atom. The van der Waals surface area contributed by atoms with Gasteiger partial charge in [0.1, 0.15) is 0 Å². The number of aliphatic hydroxyl groups excluding tert-OH is 1. The maximum absolute atomic E-state index is 11.9. The summed E-state index contributed by atoms with van der Waals surface area (Å²) < 4.78 is 0. The summed E-state index contributed by atoms with van der Waals surface area (Å²) in [5, 5.41) is 15.2. The van der Waals surface area contributed by atoms with Crippen LogP contribution in [0.4, 0.5) is 0 Å². The third kappa shape index (κ3) is 3.56. The first kappa shape index (κ1) is 14.1. The number of carbonyl (C=O) groups excluding carboxylic acids is 1. The number of halogens is 1. The molecule has 5 heteroatoms. The Hall–Kier alpha value is -1.36. The standard InChI is InChI=1S/C14H14ClNO2S/c1-9-5-6-19-13(9)14(18)16-8-12(17)10-3-2-4-11(15)7-10/h2-7,12,17H,8H2,1H3,(H,16,18)/t12-/m0/s1. The first-order valence-corrected chi connectivity index (χ1v) is 7.09.